The molecular formula is C10H19N3O. The normalized spacial score (nSPS) is 18.1. The van der Waals surface area contributed by atoms with Gasteiger partial charge in [-0.15, -0.1) is 0 Å². The zero-order chi connectivity index (χ0) is 10.4. The van der Waals surface area contributed by atoms with Gasteiger partial charge in [0.25, 0.3) is 0 Å². The van der Waals surface area contributed by atoms with Gasteiger partial charge in [0.05, 0.1) is 12.7 Å². The molecule has 1 N–H and O–H groups in total. The molecule has 0 amide bonds. The minimum atomic E-state index is -0.0376. The number of hydrogen-bond donors (Lipinski definition) is 1. The molecule has 14 heavy (non-hydrogen) atoms. The van der Waals surface area contributed by atoms with E-state index in [1.807, 2.05) is 7.05 Å². The number of rotatable bonds is 7. The van der Waals surface area contributed by atoms with Crippen LogP contribution in [0.4, 0.5) is 0 Å². The van der Waals surface area contributed by atoms with E-state index < -0.39 is 0 Å². The number of likely N-dealkylation sites (N-methyl/N-ethyl adjacent to an activating group) is 1. The second-order valence-electron chi connectivity index (χ2n) is 3.88. The van der Waals surface area contributed by atoms with Gasteiger partial charge in [0.2, 0.25) is 0 Å². The lowest BCUT2D eigenvalue weighted by molar-refractivity contribution is 0.158. The van der Waals surface area contributed by atoms with Gasteiger partial charge in [0.15, 0.2) is 0 Å². The first kappa shape index (κ1) is 11.4. The first-order valence-corrected chi connectivity index (χ1v) is 5.09. The maximum atomic E-state index is 8.91. The Balaban J connectivity index is 2.14. The van der Waals surface area contributed by atoms with Crippen LogP contribution < -0.4 is 5.32 Å². The molecule has 0 aromatic rings. The van der Waals surface area contributed by atoms with Crippen molar-refractivity contribution < 1.29 is 4.74 Å². The van der Waals surface area contributed by atoms with Crippen LogP contribution in [-0.2, 0) is 4.74 Å². The first-order chi connectivity index (χ1) is 6.76. The second-order valence-corrected chi connectivity index (χ2v) is 3.88. The molecule has 0 bridgehead atoms. The summed E-state index contributed by atoms with van der Waals surface area (Å²) >= 11 is 0. The zero-order valence-corrected chi connectivity index (χ0v) is 8.99. The molecule has 80 valence electrons. The Morgan fingerprint density at radius 1 is 1.64 bits per heavy atom. The Morgan fingerprint density at radius 3 is 2.86 bits per heavy atom. The molecule has 1 saturated carbocycles. The van der Waals surface area contributed by atoms with Crippen LogP contribution >= 0.6 is 0 Å². The van der Waals surface area contributed by atoms with E-state index in [-0.39, 0.29) is 6.04 Å². The van der Waals surface area contributed by atoms with E-state index in [1.165, 1.54) is 12.8 Å². The minimum absolute atomic E-state index is 0.0376. The Hall–Kier alpha value is -0.630. The molecule has 0 aromatic carbocycles. The van der Waals surface area contributed by atoms with Gasteiger partial charge in [-0.05, 0) is 19.9 Å². The van der Waals surface area contributed by atoms with Crippen molar-refractivity contribution in [2.24, 2.45) is 0 Å². The molecule has 1 fully saturated rings. The maximum absolute atomic E-state index is 8.91. The summed E-state index contributed by atoms with van der Waals surface area (Å²) in [7, 11) is 3.70. The molecule has 0 heterocycles. The SMILES string of the molecule is COCCN(C)CC(C#N)NC1CC1. The third kappa shape index (κ3) is 4.56. The van der Waals surface area contributed by atoms with Crippen molar-refractivity contribution >= 4 is 0 Å². The summed E-state index contributed by atoms with van der Waals surface area (Å²) in [6.07, 6.45) is 2.44. The van der Waals surface area contributed by atoms with Crippen LogP contribution in [0.3, 0.4) is 0 Å². The summed E-state index contributed by atoms with van der Waals surface area (Å²) < 4.78 is 4.98. The Labute approximate surface area is 85.8 Å². The summed E-state index contributed by atoms with van der Waals surface area (Å²) in [6, 6.07) is 2.84. The fourth-order valence-corrected chi connectivity index (χ4v) is 1.32. The average molecular weight is 197 g/mol. The predicted octanol–water partition coefficient (Wildman–Crippen LogP) is 0.209. The lowest BCUT2D eigenvalue weighted by atomic mass is 10.3. The van der Waals surface area contributed by atoms with Gasteiger partial charge < -0.3 is 9.64 Å². The molecule has 0 radical (unpaired) electrons. The fraction of sp³-hybridized carbons (Fsp3) is 0.900. The van der Waals surface area contributed by atoms with Gasteiger partial charge in [0, 0.05) is 26.2 Å². The Kier molecular flexibility index (Phi) is 4.88. The topological polar surface area (TPSA) is 48.3 Å². The standard InChI is InChI=1S/C10H19N3O/c1-13(5-6-14-2)8-10(7-11)12-9-3-4-9/h9-10,12H,3-6,8H2,1-2H3. The average Bonchev–Trinajstić information content (AvgIpc) is 2.97. The molecule has 4 nitrogen and oxygen atoms in total. The Morgan fingerprint density at radius 2 is 2.36 bits per heavy atom. The zero-order valence-electron chi connectivity index (χ0n) is 8.99. The summed E-state index contributed by atoms with van der Waals surface area (Å²) in [5.74, 6) is 0. The van der Waals surface area contributed by atoms with Crippen molar-refractivity contribution in [2.45, 2.75) is 24.9 Å². The fourth-order valence-electron chi connectivity index (χ4n) is 1.32. The quantitative estimate of drug-likeness (QED) is 0.634. The van der Waals surface area contributed by atoms with Gasteiger partial charge in [-0.3, -0.25) is 5.32 Å². The van der Waals surface area contributed by atoms with Crippen molar-refractivity contribution in [1.82, 2.24) is 10.2 Å². The predicted molar refractivity (Wildman–Crippen MR) is 54.9 cm³/mol. The maximum Gasteiger partial charge on any atom is 0.108 e. The molecular weight excluding hydrogens is 178 g/mol. The molecule has 1 rings (SSSR count). The van der Waals surface area contributed by atoms with Crippen LogP contribution in [-0.4, -0.2) is 50.8 Å². The van der Waals surface area contributed by atoms with Crippen LogP contribution in [0.5, 0.6) is 0 Å². The minimum Gasteiger partial charge on any atom is -0.383 e. The van der Waals surface area contributed by atoms with Crippen molar-refractivity contribution in [3.63, 3.8) is 0 Å². The third-order valence-corrected chi connectivity index (χ3v) is 2.34. The third-order valence-electron chi connectivity index (χ3n) is 2.34. The molecule has 1 unspecified atom stereocenters. The van der Waals surface area contributed by atoms with E-state index in [4.69, 9.17) is 10.00 Å². The summed E-state index contributed by atoms with van der Waals surface area (Å²) in [6.45, 7) is 2.37. The molecule has 1 atom stereocenters. The van der Waals surface area contributed by atoms with Crippen molar-refractivity contribution in [1.29, 1.82) is 5.26 Å². The van der Waals surface area contributed by atoms with Crippen molar-refractivity contribution in [3.8, 4) is 6.07 Å². The molecule has 0 aromatic heterocycles. The summed E-state index contributed by atoms with van der Waals surface area (Å²) in [4.78, 5) is 2.12. The number of nitriles is 1. The van der Waals surface area contributed by atoms with Gasteiger partial charge >= 0.3 is 0 Å². The van der Waals surface area contributed by atoms with E-state index in [2.05, 4.69) is 16.3 Å². The van der Waals surface area contributed by atoms with Gasteiger partial charge in [-0.2, -0.15) is 5.26 Å². The highest BCUT2D eigenvalue weighted by Crippen LogP contribution is 2.19. The highest BCUT2D eigenvalue weighted by molar-refractivity contribution is 4.97. The van der Waals surface area contributed by atoms with Gasteiger partial charge in [0.1, 0.15) is 6.04 Å². The van der Waals surface area contributed by atoms with Crippen molar-refractivity contribution in [3.05, 3.63) is 0 Å². The van der Waals surface area contributed by atoms with E-state index in [0.29, 0.717) is 6.04 Å². The number of nitrogens with zero attached hydrogens (tertiary/aromatic N) is 2. The largest absolute Gasteiger partial charge is 0.383 e. The number of hydrogen-bond acceptors (Lipinski definition) is 4. The van der Waals surface area contributed by atoms with Crippen LogP contribution in [0.1, 0.15) is 12.8 Å². The highest BCUT2D eigenvalue weighted by atomic mass is 16.5. The first-order valence-electron chi connectivity index (χ1n) is 5.09. The monoisotopic (exact) mass is 197 g/mol. The number of methoxy groups -OCH3 is 1. The molecule has 1 aliphatic rings. The second kappa shape index (κ2) is 5.97. The number of nitrogens with one attached hydrogen (secondary N) is 1. The van der Waals surface area contributed by atoms with Crippen LogP contribution in [0, 0.1) is 11.3 Å². The number of ether oxygens (including phenoxy) is 1. The molecule has 0 spiro atoms. The molecule has 4 heteroatoms. The molecule has 0 aliphatic heterocycles. The molecule has 0 saturated heterocycles. The summed E-state index contributed by atoms with van der Waals surface area (Å²) in [5, 5.41) is 12.2. The van der Waals surface area contributed by atoms with Crippen LogP contribution in [0.25, 0.3) is 0 Å². The van der Waals surface area contributed by atoms with Gasteiger partial charge in [-0.1, -0.05) is 0 Å². The van der Waals surface area contributed by atoms with Crippen LogP contribution in [0.15, 0.2) is 0 Å². The Bertz CT molecular complexity index is 198. The van der Waals surface area contributed by atoms with E-state index in [1.54, 1.807) is 7.11 Å². The molecule has 1 aliphatic carbocycles. The van der Waals surface area contributed by atoms with Crippen LogP contribution in [0.2, 0.25) is 0 Å². The smallest absolute Gasteiger partial charge is 0.108 e. The van der Waals surface area contributed by atoms with E-state index in [0.717, 1.165) is 19.7 Å². The van der Waals surface area contributed by atoms with Gasteiger partial charge in [-0.25, -0.2) is 0 Å². The summed E-state index contributed by atoms with van der Waals surface area (Å²) in [5.41, 5.74) is 0. The highest BCUT2D eigenvalue weighted by Gasteiger charge is 2.24. The lowest BCUT2D eigenvalue weighted by Gasteiger charge is -2.19. The van der Waals surface area contributed by atoms with E-state index >= 15 is 0 Å². The van der Waals surface area contributed by atoms with E-state index in [9.17, 15) is 0 Å². The lowest BCUT2D eigenvalue weighted by Crippen LogP contribution is -2.40. The van der Waals surface area contributed by atoms with Crippen molar-refractivity contribution in [2.75, 3.05) is 33.9 Å².